The first-order valence-corrected chi connectivity index (χ1v) is 7.20. The van der Waals surface area contributed by atoms with E-state index in [-0.39, 0.29) is 5.91 Å². The number of nitrogens with zero attached hydrogens (tertiary/aromatic N) is 1. The second kappa shape index (κ2) is 5.26. The molecule has 1 saturated heterocycles. The fraction of sp³-hybridized carbons (Fsp3) is 0.273. The van der Waals surface area contributed by atoms with Crippen LogP contribution >= 0.6 is 34.4 Å². The third kappa shape index (κ3) is 2.74. The number of benzene rings is 1. The van der Waals surface area contributed by atoms with E-state index in [1.54, 1.807) is 12.1 Å². The molecule has 1 amide bonds. The molecular weight excluding hydrogens is 353 g/mol. The van der Waals surface area contributed by atoms with Gasteiger partial charge < -0.3 is 10.0 Å². The highest BCUT2D eigenvalue weighted by molar-refractivity contribution is 14.1. The van der Waals surface area contributed by atoms with Crippen LogP contribution in [0.1, 0.15) is 10.4 Å². The molecule has 1 fully saturated rings. The van der Waals surface area contributed by atoms with Gasteiger partial charge in [-0.15, -0.1) is 11.8 Å². The molecule has 6 heteroatoms. The topological polar surface area (TPSA) is 57.6 Å². The Labute approximate surface area is 117 Å². The minimum atomic E-state index is -0.936. The van der Waals surface area contributed by atoms with Crippen molar-refractivity contribution in [2.45, 2.75) is 6.04 Å². The van der Waals surface area contributed by atoms with Gasteiger partial charge in [-0.05, 0) is 46.9 Å². The SMILES string of the molecule is O=C(O)[C@@H]1CSCN1C(=O)c1ccc(I)cc1. The summed E-state index contributed by atoms with van der Waals surface area (Å²) in [6, 6.07) is 6.43. The second-order valence-corrected chi connectivity index (χ2v) is 5.88. The van der Waals surface area contributed by atoms with Crippen molar-refractivity contribution in [1.29, 1.82) is 0 Å². The Kier molecular flexibility index (Phi) is 3.93. The molecule has 0 saturated carbocycles. The highest BCUT2D eigenvalue weighted by atomic mass is 127. The van der Waals surface area contributed by atoms with Crippen LogP contribution in [0, 0.1) is 3.57 Å². The van der Waals surface area contributed by atoms with Crippen molar-refractivity contribution in [2.75, 3.05) is 11.6 Å². The van der Waals surface area contributed by atoms with Crippen molar-refractivity contribution < 1.29 is 14.7 Å². The monoisotopic (exact) mass is 363 g/mol. The fourth-order valence-corrected chi connectivity index (χ4v) is 3.11. The first kappa shape index (κ1) is 12.7. The average Bonchev–Trinajstić information content (AvgIpc) is 2.78. The summed E-state index contributed by atoms with van der Waals surface area (Å²) < 4.78 is 1.05. The zero-order chi connectivity index (χ0) is 12.4. The lowest BCUT2D eigenvalue weighted by atomic mass is 10.2. The van der Waals surface area contributed by atoms with Crippen molar-refractivity contribution in [3.05, 3.63) is 33.4 Å². The van der Waals surface area contributed by atoms with E-state index in [9.17, 15) is 9.59 Å². The Morgan fingerprint density at radius 3 is 2.59 bits per heavy atom. The lowest BCUT2D eigenvalue weighted by Gasteiger charge is -2.20. The molecule has 0 aromatic heterocycles. The maximum atomic E-state index is 12.1. The lowest BCUT2D eigenvalue weighted by Crippen LogP contribution is -2.41. The van der Waals surface area contributed by atoms with Gasteiger partial charge in [-0.3, -0.25) is 4.79 Å². The molecule has 0 unspecified atom stereocenters. The molecule has 1 aliphatic rings. The van der Waals surface area contributed by atoms with Gasteiger partial charge in [0, 0.05) is 14.9 Å². The van der Waals surface area contributed by atoms with Crippen LogP contribution in [-0.4, -0.2) is 39.6 Å². The summed E-state index contributed by atoms with van der Waals surface area (Å²) >= 11 is 3.63. The van der Waals surface area contributed by atoms with Crippen molar-refractivity contribution in [1.82, 2.24) is 4.90 Å². The standard InChI is InChI=1S/C11H10INO3S/c12-8-3-1-7(2-4-8)10(14)13-6-17-5-9(13)11(15)16/h1-4,9H,5-6H2,(H,15,16)/t9-/m0/s1. The summed E-state index contributed by atoms with van der Waals surface area (Å²) in [5.41, 5.74) is 0.541. The van der Waals surface area contributed by atoms with Gasteiger partial charge in [0.25, 0.3) is 5.91 Å². The third-order valence-corrected chi connectivity index (χ3v) is 4.25. The summed E-state index contributed by atoms with van der Waals surface area (Å²) in [4.78, 5) is 24.5. The van der Waals surface area contributed by atoms with Crippen LogP contribution in [0.2, 0.25) is 0 Å². The maximum Gasteiger partial charge on any atom is 0.327 e. The molecule has 4 nitrogen and oxygen atoms in total. The van der Waals surface area contributed by atoms with E-state index < -0.39 is 12.0 Å². The zero-order valence-corrected chi connectivity index (χ0v) is 11.8. The van der Waals surface area contributed by atoms with E-state index in [4.69, 9.17) is 5.11 Å². The molecule has 17 heavy (non-hydrogen) atoms. The molecular formula is C11H10INO3S. The number of hydrogen-bond donors (Lipinski definition) is 1. The van der Waals surface area contributed by atoms with E-state index in [1.165, 1.54) is 16.7 Å². The molecule has 1 aromatic rings. The van der Waals surface area contributed by atoms with E-state index >= 15 is 0 Å². The van der Waals surface area contributed by atoms with Gasteiger partial charge in [0.05, 0.1) is 5.88 Å². The Hall–Kier alpha value is -0.760. The number of amides is 1. The van der Waals surface area contributed by atoms with E-state index in [0.717, 1.165) is 3.57 Å². The lowest BCUT2D eigenvalue weighted by molar-refractivity contribution is -0.140. The Morgan fingerprint density at radius 1 is 1.35 bits per heavy atom. The molecule has 1 N–H and O–H groups in total. The normalized spacial score (nSPS) is 19.4. The molecule has 0 radical (unpaired) electrons. The minimum Gasteiger partial charge on any atom is -0.480 e. The zero-order valence-electron chi connectivity index (χ0n) is 8.80. The molecule has 1 heterocycles. The smallest absolute Gasteiger partial charge is 0.327 e. The van der Waals surface area contributed by atoms with E-state index in [2.05, 4.69) is 22.6 Å². The van der Waals surface area contributed by atoms with Gasteiger partial charge in [0.1, 0.15) is 6.04 Å². The number of rotatable bonds is 2. The molecule has 0 aliphatic carbocycles. The van der Waals surface area contributed by atoms with Crippen LogP contribution in [0.4, 0.5) is 0 Å². The first-order valence-electron chi connectivity index (χ1n) is 4.96. The molecule has 0 spiro atoms. The first-order chi connectivity index (χ1) is 8.09. The molecule has 1 aromatic carbocycles. The molecule has 90 valence electrons. The van der Waals surface area contributed by atoms with Crippen LogP contribution in [0.25, 0.3) is 0 Å². The predicted molar refractivity (Wildman–Crippen MR) is 74.1 cm³/mol. The number of aliphatic carboxylic acids is 1. The van der Waals surface area contributed by atoms with Crippen molar-refractivity contribution in [3.8, 4) is 0 Å². The Balaban J connectivity index is 2.19. The summed E-state index contributed by atoms with van der Waals surface area (Å²) in [6.45, 7) is 0. The number of carboxylic acids is 1. The molecule has 1 atom stereocenters. The Bertz CT molecular complexity index is 449. The number of hydrogen-bond acceptors (Lipinski definition) is 3. The number of carboxylic acid groups (broad SMARTS) is 1. The van der Waals surface area contributed by atoms with Crippen LogP contribution in [0.3, 0.4) is 0 Å². The maximum absolute atomic E-state index is 12.1. The van der Waals surface area contributed by atoms with Gasteiger partial charge in [-0.1, -0.05) is 0 Å². The minimum absolute atomic E-state index is 0.209. The molecule has 0 bridgehead atoms. The number of carbonyl (C=O) groups excluding carboxylic acids is 1. The van der Waals surface area contributed by atoms with Crippen molar-refractivity contribution in [2.24, 2.45) is 0 Å². The van der Waals surface area contributed by atoms with E-state index in [0.29, 0.717) is 17.2 Å². The second-order valence-electron chi connectivity index (χ2n) is 3.64. The van der Waals surface area contributed by atoms with Gasteiger partial charge in [0.15, 0.2) is 0 Å². The van der Waals surface area contributed by atoms with Crippen LogP contribution in [0.5, 0.6) is 0 Å². The summed E-state index contributed by atoms with van der Waals surface area (Å²) in [5, 5.41) is 9.02. The highest BCUT2D eigenvalue weighted by Gasteiger charge is 2.34. The van der Waals surface area contributed by atoms with Crippen molar-refractivity contribution >= 4 is 46.2 Å². The largest absolute Gasteiger partial charge is 0.480 e. The number of halogens is 1. The molecule has 2 rings (SSSR count). The van der Waals surface area contributed by atoms with Crippen molar-refractivity contribution in [3.63, 3.8) is 0 Å². The number of thioether (sulfide) groups is 1. The van der Waals surface area contributed by atoms with Gasteiger partial charge in [-0.25, -0.2) is 4.79 Å². The average molecular weight is 363 g/mol. The number of carbonyl (C=O) groups is 2. The fourth-order valence-electron chi connectivity index (χ4n) is 1.61. The third-order valence-electron chi connectivity index (χ3n) is 2.52. The summed E-state index contributed by atoms with van der Waals surface area (Å²) in [7, 11) is 0. The van der Waals surface area contributed by atoms with Gasteiger partial charge in [-0.2, -0.15) is 0 Å². The van der Waals surface area contributed by atoms with Crippen LogP contribution in [-0.2, 0) is 4.79 Å². The Morgan fingerprint density at radius 2 is 2.00 bits per heavy atom. The van der Waals surface area contributed by atoms with Crippen LogP contribution in [0.15, 0.2) is 24.3 Å². The van der Waals surface area contributed by atoms with Gasteiger partial charge in [0.2, 0.25) is 0 Å². The highest BCUT2D eigenvalue weighted by Crippen LogP contribution is 2.23. The summed E-state index contributed by atoms with van der Waals surface area (Å²) in [6.07, 6.45) is 0. The summed E-state index contributed by atoms with van der Waals surface area (Å²) in [5.74, 6) is -0.236. The van der Waals surface area contributed by atoms with Gasteiger partial charge >= 0.3 is 5.97 Å². The van der Waals surface area contributed by atoms with Crippen LogP contribution < -0.4 is 0 Å². The molecule has 1 aliphatic heterocycles. The predicted octanol–water partition coefficient (Wildman–Crippen LogP) is 1.89. The quantitative estimate of drug-likeness (QED) is 0.816. The van der Waals surface area contributed by atoms with E-state index in [1.807, 2.05) is 12.1 Å².